The predicted molar refractivity (Wildman–Crippen MR) is 74.2 cm³/mol. The second kappa shape index (κ2) is 6.71. The summed E-state index contributed by atoms with van der Waals surface area (Å²) in [5.74, 6) is 0.110. The van der Waals surface area contributed by atoms with Gasteiger partial charge in [-0.3, -0.25) is 9.69 Å². The Kier molecular flexibility index (Phi) is 5.22. The third-order valence-electron chi connectivity index (χ3n) is 4.88. The molecule has 2 aliphatic rings. The molecule has 1 saturated heterocycles. The van der Waals surface area contributed by atoms with E-state index in [1.54, 1.807) is 0 Å². The monoisotopic (exact) mass is 269 g/mol. The number of morpholine rings is 1. The van der Waals surface area contributed by atoms with Crippen LogP contribution < -0.4 is 0 Å². The van der Waals surface area contributed by atoms with Crippen molar-refractivity contribution >= 4 is 5.97 Å². The predicted octanol–water partition coefficient (Wildman–Crippen LogP) is 2.52. The van der Waals surface area contributed by atoms with Gasteiger partial charge in [-0.15, -0.1) is 0 Å². The van der Waals surface area contributed by atoms with Crippen LogP contribution in [0.5, 0.6) is 0 Å². The molecular weight excluding hydrogens is 242 g/mol. The maximum atomic E-state index is 11.9. The van der Waals surface area contributed by atoms with E-state index in [2.05, 4.69) is 11.8 Å². The van der Waals surface area contributed by atoms with E-state index in [0.717, 1.165) is 44.7 Å². The van der Waals surface area contributed by atoms with Crippen molar-refractivity contribution in [3.8, 4) is 0 Å². The van der Waals surface area contributed by atoms with Crippen LogP contribution in [0, 0.1) is 5.92 Å². The van der Waals surface area contributed by atoms with Gasteiger partial charge in [-0.1, -0.05) is 32.6 Å². The van der Waals surface area contributed by atoms with Crippen molar-refractivity contribution in [3.05, 3.63) is 0 Å². The first-order chi connectivity index (χ1) is 9.19. The summed E-state index contributed by atoms with van der Waals surface area (Å²) in [6, 6.07) is 0. The minimum absolute atomic E-state index is 0.619. The number of ether oxygens (including phenoxy) is 1. The Balaban J connectivity index is 2.08. The third kappa shape index (κ3) is 3.29. The van der Waals surface area contributed by atoms with Crippen LogP contribution in [0.15, 0.2) is 0 Å². The van der Waals surface area contributed by atoms with E-state index in [1.165, 1.54) is 19.3 Å². The van der Waals surface area contributed by atoms with Gasteiger partial charge in [0.2, 0.25) is 0 Å². The number of rotatable bonds is 4. The van der Waals surface area contributed by atoms with E-state index in [0.29, 0.717) is 13.2 Å². The molecule has 2 atom stereocenters. The van der Waals surface area contributed by atoms with Crippen molar-refractivity contribution in [2.75, 3.05) is 26.3 Å². The summed E-state index contributed by atoms with van der Waals surface area (Å²) in [7, 11) is 0. The molecule has 4 nitrogen and oxygen atoms in total. The highest BCUT2D eigenvalue weighted by atomic mass is 16.5. The fourth-order valence-electron chi connectivity index (χ4n) is 3.75. The maximum Gasteiger partial charge on any atom is 0.324 e. The molecule has 2 rings (SSSR count). The molecule has 0 aromatic carbocycles. The molecule has 0 bridgehead atoms. The molecule has 0 aromatic heterocycles. The maximum absolute atomic E-state index is 11.9. The van der Waals surface area contributed by atoms with Crippen LogP contribution in [0.4, 0.5) is 0 Å². The lowest BCUT2D eigenvalue weighted by molar-refractivity contribution is -0.156. The van der Waals surface area contributed by atoms with Crippen molar-refractivity contribution in [2.45, 2.75) is 57.4 Å². The lowest BCUT2D eigenvalue weighted by Crippen LogP contribution is -2.58. The van der Waals surface area contributed by atoms with Gasteiger partial charge >= 0.3 is 5.97 Å². The highest BCUT2D eigenvalue weighted by Crippen LogP contribution is 2.37. The average Bonchev–Trinajstić information content (AvgIpc) is 2.64. The zero-order valence-electron chi connectivity index (χ0n) is 12.1. The molecule has 2 fully saturated rings. The van der Waals surface area contributed by atoms with Crippen LogP contribution in [0.25, 0.3) is 0 Å². The van der Waals surface area contributed by atoms with Gasteiger partial charge in [0.15, 0.2) is 0 Å². The number of carboxylic acids is 1. The molecule has 1 saturated carbocycles. The number of nitrogens with zero attached hydrogens (tertiary/aromatic N) is 1. The van der Waals surface area contributed by atoms with Gasteiger partial charge in [0.1, 0.15) is 5.54 Å². The fourth-order valence-corrected chi connectivity index (χ4v) is 3.75. The van der Waals surface area contributed by atoms with Crippen molar-refractivity contribution < 1.29 is 14.6 Å². The molecule has 110 valence electrons. The number of carbonyl (C=O) groups is 1. The van der Waals surface area contributed by atoms with Gasteiger partial charge in [0, 0.05) is 13.1 Å². The second-order valence-corrected chi connectivity index (χ2v) is 6.02. The van der Waals surface area contributed by atoms with Crippen molar-refractivity contribution in [2.24, 2.45) is 5.92 Å². The van der Waals surface area contributed by atoms with Crippen molar-refractivity contribution in [3.63, 3.8) is 0 Å². The summed E-state index contributed by atoms with van der Waals surface area (Å²) in [4.78, 5) is 14.1. The highest BCUT2D eigenvalue weighted by Gasteiger charge is 2.45. The minimum atomic E-state index is -0.619. The summed E-state index contributed by atoms with van der Waals surface area (Å²) in [6.07, 6.45) is 7.40. The van der Waals surface area contributed by atoms with E-state index in [9.17, 15) is 9.90 Å². The van der Waals surface area contributed by atoms with Crippen LogP contribution in [0.3, 0.4) is 0 Å². The largest absolute Gasteiger partial charge is 0.480 e. The summed E-state index contributed by atoms with van der Waals surface area (Å²) in [5, 5.41) is 9.80. The Morgan fingerprint density at radius 1 is 1.32 bits per heavy atom. The third-order valence-corrected chi connectivity index (χ3v) is 4.88. The Labute approximate surface area is 116 Å². The number of hydrogen-bond donors (Lipinski definition) is 1. The highest BCUT2D eigenvalue weighted by molar-refractivity contribution is 5.78. The van der Waals surface area contributed by atoms with Gasteiger partial charge < -0.3 is 9.84 Å². The van der Waals surface area contributed by atoms with E-state index >= 15 is 0 Å². The Hall–Kier alpha value is -0.610. The molecule has 1 heterocycles. The molecule has 0 amide bonds. The SMILES string of the molecule is CCCC1CCCC(C(=O)O)(N2CCOCC2)CC1. The molecule has 1 aliphatic heterocycles. The van der Waals surface area contributed by atoms with E-state index in [-0.39, 0.29) is 0 Å². The van der Waals surface area contributed by atoms with Gasteiger partial charge in [-0.25, -0.2) is 0 Å². The van der Waals surface area contributed by atoms with E-state index in [1.807, 2.05) is 0 Å². The molecule has 0 aromatic rings. The molecule has 2 unspecified atom stereocenters. The fraction of sp³-hybridized carbons (Fsp3) is 0.933. The number of carboxylic acid groups (broad SMARTS) is 1. The second-order valence-electron chi connectivity index (χ2n) is 6.02. The zero-order chi connectivity index (χ0) is 13.7. The van der Waals surface area contributed by atoms with Gasteiger partial charge in [-0.2, -0.15) is 0 Å². The average molecular weight is 269 g/mol. The smallest absolute Gasteiger partial charge is 0.324 e. The lowest BCUT2D eigenvalue weighted by Gasteiger charge is -2.42. The van der Waals surface area contributed by atoms with Gasteiger partial charge in [-0.05, 0) is 25.2 Å². The number of hydrogen-bond acceptors (Lipinski definition) is 3. The first-order valence-corrected chi connectivity index (χ1v) is 7.75. The summed E-state index contributed by atoms with van der Waals surface area (Å²) >= 11 is 0. The summed E-state index contributed by atoms with van der Waals surface area (Å²) in [6.45, 7) is 5.10. The van der Waals surface area contributed by atoms with Crippen molar-refractivity contribution in [1.29, 1.82) is 0 Å². The number of aliphatic carboxylic acids is 1. The molecule has 0 radical (unpaired) electrons. The Morgan fingerprint density at radius 3 is 2.68 bits per heavy atom. The van der Waals surface area contributed by atoms with Crippen LogP contribution in [0.2, 0.25) is 0 Å². The first-order valence-electron chi connectivity index (χ1n) is 7.75. The standard InChI is InChI=1S/C15H27NO3/c1-2-4-13-5-3-7-15(8-6-13,14(17)18)16-9-11-19-12-10-16/h13H,2-12H2,1H3,(H,17,18). The van der Waals surface area contributed by atoms with Gasteiger partial charge in [0.25, 0.3) is 0 Å². The summed E-state index contributed by atoms with van der Waals surface area (Å²) in [5.41, 5.74) is -0.619. The lowest BCUT2D eigenvalue weighted by atomic mass is 9.87. The topological polar surface area (TPSA) is 49.8 Å². The van der Waals surface area contributed by atoms with Gasteiger partial charge in [0.05, 0.1) is 13.2 Å². The summed E-state index contributed by atoms with van der Waals surface area (Å²) < 4.78 is 5.37. The minimum Gasteiger partial charge on any atom is -0.480 e. The van der Waals surface area contributed by atoms with E-state index < -0.39 is 11.5 Å². The Bertz CT molecular complexity index is 302. The molecule has 0 spiro atoms. The molecule has 1 N–H and O–H groups in total. The molecular formula is C15H27NO3. The van der Waals surface area contributed by atoms with Crippen LogP contribution >= 0.6 is 0 Å². The quantitative estimate of drug-likeness (QED) is 0.797. The molecule has 19 heavy (non-hydrogen) atoms. The Morgan fingerprint density at radius 2 is 2.05 bits per heavy atom. The van der Waals surface area contributed by atoms with Crippen LogP contribution in [-0.2, 0) is 9.53 Å². The van der Waals surface area contributed by atoms with E-state index in [4.69, 9.17) is 4.74 Å². The molecule has 4 heteroatoms. The first kappa shape index (κ1) is 14.8. The van der Waals surface area contributed by atoms with Crippen LogP contribution in [0.1, 0.15) is 51.9 Å². The van der Waals surface area contributed by atoms with Crippen molar-refractivity contribution in [1.82, 2.24) is 4.90 Å². The normalized spacial score (nSPS) is 33.8. The van der Waals surface area contributed by atoms with Crippen LogP contribution in [-0.4, -0.2) is 47.8 Å². The zero-order valence-corrected chi connectivity index (χ0v) is 12.1. The molecule has 1 aliphatic carbocycles.